The average Bonchev–Trinajstić information content (AvgIpc) is 2.64. The van der Waals surface area contributed by atoms with Gasteiger partial charge in [0.15, 0.2) is 0 Å². The van der Waals surface area contributed by atoms with Crippen LogP contribution in [0.5, 0.6) is 0 Å². The van der Waals surface area contributed by atoms with Gasteiger partial charge in [-0.2, -0.15) is 5.10 Å². The molecule has 0 aliphatic carbocycles. The Morgan fingerprint density at radius 1 is 1.58 bits per heavy atom. The fourth-order valence-electron chi connectivity index (χ4n) is 2.35. The van der Waals surface area contributed by atoms with Gasteiger partial charge >= 0.3 is 0 Å². The van der Waals surface area contributed by atoms with Crippen LogP contribution in [0.25, 0.3) is 0 Å². The number of hydrogen-bond acceptors (Lipinski definition) is 4. The summed E-state index contributed by atoms with van der Waals surface area (Å²) in [5.41, 5.74) is 1.54. The fourth-order valence-corrected chi connectivity index (χ4v) is 2.35. The second kappa shape index (κ2) is 4.94. The van der Waals surface area contributed by atoms with Crippen LogP contribution >= 0.6 is 0 Å². The van der Waals surface area contributed by atoms with Gasteiger partial charge in [-0.1, -0.05) is 0 Å². The number of nitrogens with one attached hydrogen (secondary N) is 1. The summed E-state index contributed by atoms with van der Waals surface area (Å²) in [7, 11) is 0. The largest absolute Gasteiger partial charge is 0.388 e. The highest BCUT2D eigenvalue weighted by atomic mass is 16.3. The summed E-state index contributed by atoms with van der Waals surface area (Å²) in [5.74, 6) is -0.0397. The quantitative estimate of drug-likeness (QED) is 0.699. The van der Waals surface area contributed by atoms with Crippen molar-refractivity contribution in [1.82, 2.24) is 15.1 Å². The first-order chi connectivity index (χ1) is 8.81. The summed E-state index contributed by atoms with van der Waals surface area (Å²) in [5, 5.41) is 26.6. The molecule has 1 amide bonds. The van der Waals surface area contributed by atoms with E-state index >= 15 is 0 Å². The zero-order valence-electron chi connectivity index (χ0n) is 11.6. The number of aliphatic hydroxyl groups excluding tert-OH is 1. The van der Waals surface area contributed by atoms with Crippen molar-refractivity contribution in [3.05, 3.63) is 17.0 Å². The molecule has 1 aromatic rings. The van der Waals surface area contributed by atoms with Crippen LogP contribution in [-0.2, 0) is 11.2 Å². The molecule has 6 heteroatoms. The molecule has 6 nitrogen and oxygen atoms in total. The Kier molecular flexibility index (Phi) is 3.64. The van der Waals surface area contributed by atoms with Crippen molar-refractivity contribution in [2.75, 3.05) is 13.1 Å². The lowest BCUT2D eigenvalue weighted by Crippen LogP contribution is -2.55. The molecule has 1 aliphatic heterocycles. The minimum absolute atomic E-state index is 0.0397. The molecule has 1 fully saturated rings. The second-order valence-corrected chi connectivity index (χ2v) is 5.55. The molecule has 0 spiro atoms. The molecule has 0 radical (unpaired) electrons. The van der Waals surface area contributed by atoms with Gasteiger partial charge in [-0.05, 0) is 27.2 Å². The molecule has 0 saturated carbocycles. The van der Waals surface area contributed by atoms with Crippen molar-refractivity contribution in [2.45, 2.75) is 45.3 Å². The van der Waals surface area contributed by atoms with E-state index in [2.05, 4.69) is 10.2 Å². The van der Waals surface area contributed by atoms with Crippen molar-refractivity contribution < 1.29 is 15.0 Å². The minimum Gasteiger partial charge on any atom is -0.388 e. The third-order valence-electron chi connectivity index (χ3n) is 3.96. The molecular weight excluding hydrogens is 246 g/mol. The highest BCUT2D eigenvalue weighted by molar-refractivity contribution is 5.79. The molecule has 0 bridgehead atoms. The highest BCUT2D eigenvalue weighted by Crippen LogP contribution is 2.23. The van der Waals surface area contributed by atoms with Crippen molar-refractivity contribution in [3.63, 3.8) is 0 Å². The standard InChI is InChI=1S/C13H21N3O3/c1-8-10(9(2)15-14-8)6-12(18)16-5-4-13(3,19)11(17)7-16/h11,17,19H,4-7H2,1-3H3,(H,14,15)/t11-,13-/m1/s1. The molecule has 2 rings (SSSR count). The van der Waals surface area contributed by atoms with Crippen LogP contribution < -0.4 is 0 Å². The van der Waals surface area contributed by atoms with E-state index in [1.54, 1.807) is 11.8 Å². The van der Waals surface area contributed by atoms with Gasteiger partial charge in [-0.3, -0.25) is 9.89 Å². The number of amides is 1. The Morgan fingerprint density at radius 3 is 2.79 bits per heavy atom. The van der Waals surface area contributed by atoms with Gasteiger partial charge in [0.25, 0.3) is 0 Å². The maximum absolute atomic E-state index is 12.2. The lowest BCUT2D eigenvalue weighted by Gasteiger charge is -2.40. The third-order valence-corrected chi connectivity index (χ3v) is 3.96. The molecule has 106 valence electrons. The third kappa shape index (κ3) is 2.79. The predicted octanol–water partition coefficient (Wildman–Crippen LogP) is -0.0868. The Labute approximate surface area is 112 Å². The Morgan fingerprint density at radius 2 is 2.26 bits per heavy atom. The number of carbonyl (C=O) groups excluding carboxylic acids is 1. The van der Waals surface area contributed by atoms with E-state index in [1.165, 1.54) is 0 Å². The molecule has 0 unspecified atom stereocenters. The normalized spacial score (nSPS) is 27.6. The number of H-pyrrole nitrogens is 1. The van der Waals surface area contributed by atoms with Crippen molar-refractivity contribution in [3.8, 4) is 0 Å². The van der Waals surface area contributed by atoms with Gasteiger partial charge in [0, 0.05) is 24.3 Å². The van der Waals surface area contributed by atoms with Crippen LogP contribution in [0, 0.1) is 13.8 Å². The molecule has 0 aromatic carbocycles. The van der Waals surface area contributed by atoms with Crippen molar-refractivity contribution >= 4 is 5.91 Å². The summed E-state index contributed by atoms with van der Waals surface area (Å²) in [6.45, 7) is 6.00. The van der Waals surface area contributed by atoms with Crippen molar-refractivity contribution in [2.24, 2.45) is 0 Å². The molecular formula is C13H21N3O3. The molecule has 2 atom stereocenters. The number of carbonyl (C=O) groups is 1. The smallest absolute Gasteiger partial charge is 0.227 e. The zero-order chi connectivity index (χ0) is 14.2. The summed E-state index contributed by atoms with van der Waals surface area (Å²) < 4.78 is 0. The van der Waals surface area contributed by atoms with E-state index in [0.717, 1.165) is 17.0 Å². The summed E-state index contributed by atoms with van der Waals surface area (Å²) in [6, 6.07) is 0. The van der Waals surface area contributed by atoms with E-state index in [0.29, 0.717) is 13.0 Å². The van der Waals surface area contributed by atoms with Gasteiger partial charge in [0.2, 0.25) is 5.91 Å². The molecule has 3 N–H and O–H groups in total. The number of nitrogens with zero attached hydrogens (tertiary/aromatic N) is 2. The number of piperidine rings is 1. The number of aryl methyl sites for hydroxylation is 2. The average molecular weight is 267 g/mol. The number of β-amino-alcohol motifs (C(OH)–C–C–N with tert-alkyl or cyclic N) is 1. The van der Waals surface area contributed by atoms with Crippen LogP contribution in [-0.4, -0.2) is 56.0 Å². The van der Waals surface area contributed by atoms with Crippen LogP contribution in [0.15, 0.2) is 0 Å². The molecule has 1 aliphatic rings. The lowest BCUT2D eigenvalue weighted by molar-refractivity contribution is -0.145. The highest BCUT2D eigenvalue weighted by Gasteiger charge is 2.37. The number of rotatable bonds is 2. The number of hydrogen-bond donors (Lipinski definition) is 3. The van der Waals surface area contributed by atoms with E-state index in [1.807, 2.05) is 13.8 Å². The van der Waals surface area contributed by atoms with Crippen LogP contribution in [0.1, 0.15) is 30.3 Å². The summed E-state index contributed by atoms with van der Waals surface area (Å²) >= 11 is 0. The summed E-state index contributed by atoms with van der Waals surface area (Å²) in [4.78, 5) is 13.8. The Bertz CT molecular complexity index is 462. The van der Waals surface area contributed by atoms with E-state index < -0.39 is 11.7 Å². The number of likely N-dealkylation sites (tertiary alicyclic amines) is 1. The number of aliphatic hydroxyl groups is 2. The maximum Gasteiger partial charge on any atom is 0.227 e. The van der Waals surface area contributed by atoms with Crippen LogP contribution in [0.3, 0.4) is 0 Å². The SMILES string of the molecule is Cc1n[nH]c(C)c1CC(=O)N1CC[C@@](C)(O)[C@H](O)C1. The van der Waals surface area contributed by atoms with E-state index in [4.69, 9.17) is 0 Å². The first-order valence-corrected chi connectivity index (χ1v) is 6.50. The lowest BCUT2D eigenvalue weighted by atomic mass is 9.90. The minimum atomic E-state index is -1.10. The number of aromatic amines is 1. The van der Waals surface area contributed by atoms with Crippen molar-refractivity contribution in [1.29, 1.82) is 0 Å². The monoisotopic (exact) mass is 267 g/mol. The zero-order valence-corrected chi connectivity index (χ0v) is 11.6. The van der Waals surface area contributed by atoms with Gasteiger partial charge in [0.1, 0.15) is 0 Å². The second-order valence-electron chi connectivity index (χ2n) is 5.55. The van der Waals surface area contributed by atoms with Crippen LogP contribution in [0.4, 0.5) is 0 Å². The van der Waals surface area contributed by atoms with Gasteiger partial charge in [-0.15, -0.1) is 0 Å². The molecule has 1 aromatic heterocycles. The van der Waals surface area contributed by atoms with Gasteiger partial charge in [-0.25, -0.2) is 0 Å². The van der Waals surface area contributed by atoms with E-state index in [-0.39, 0.29) is 18.9 Å². The topological polar surface area (TPSA) is 89.5 Å². The van der Waals surface area contributed by atoms with Gasteiger partial charge in [0.05, 0.1) is 23.8 Å². The van der Waals surface area contributed by atoms with Crippen LogP contribution in [0.2, 0.25) is 0 Å². The predicted molar refractivity (Wildman–Crippen MR) is 69.6 cm³/mol. The first-order valence-electron chi connectivity index (χ1n) is 6.50. The Balaban J connectivity index is 2.02. The molecule has 2 heterocycles. The molecule has 1 saturated heterocycles. The Hall–Kier alpha value is -1.40. The molecule has 19 heavy (non-hydrogen) atoms. The number of aromatic nitrogens is 2. The van der Waals surface area contributed by atoms with Gasteiger partial charge < -0.3 is 15.1 Å². The first kappa shape index (κ1) is 14.0. The maximum atomic E-state index is 12.2. The summed E-state index contributed by atoms with van der Waals surface area (Å²) in [6.07, 6.45) is -0.219. The fraction of sp³-hybridized carbons (Fsp3) is 0.692. The van der Waals surface area contributed by atoms with E-state index in [9.17, 15) is 15.0 Å².